The zero-order valence-electron chi connectivity index (χ0n) is 15.4. The lowest BCUT2D eigenvalue weighted by molar-refractivity contribution is -0.113. The van der Waals surface area contributed by atoms with Gasteiger partial charge in [-0.15, -0.1) is 0 Å². The van der Waals surface area contributed by atoms with Gasteiger partial charge >= 0.3 is 12.1 Å². The van der Waals surface area contributed by atoms with Gasteiger partial charge in [0.2, 0.25) is 0 Å². The third-order valence-electron chi connectivity index (χ3n) is 5.76. The van der Waals surface area contributed by atoms with Crippen LogP contribution in [-0.2, 0) is 4.79 Å². The first-order valence-corrected chi connectivity index (χ1v) is 9.57. The van der Waals surface area contributed by atoms with Crippen molar-refractivity contribution in [3.63, 3.8) is 0 Å². The van der Waals surface area contributed by atoms with Crippen molar-refractivity contribution in [3.8, 4) is 0 Å². The number of imide groups is 1. The third-order valence-corrected chi connectivity index (χ3v) is 5.76. The fourth-order valence-electron chi connectivity index (χ4n) is 4.23. The lowest BCUT2D eigenvalue weighted by Gasteiger charge is -2.27. The van der Waals surface area contributed by atoms with Crippen LogP contribution < -0.4 is 16.0 Å². The number of rotatable bonds is 5. The summed E-state index contributed by atoms with van der Waals surface area (Å²) in [6.07, 6.45) is 5.76. The standard InChI is InChI=1S/C20H24N4O3/c1-12-5-4-8-14(11-12)15(13-6-2-3-7-13)21-19(27)24-20(9-10-20)16-17(25)23-18(26)22-16/h4-5,8,11,13,15H,2-3,6-7,9-10H2,1H3,(H2,21,24,27)(H,23,25,26). The molecule has 0 saturated heterocycles. The Morgan fingerprint density at radius 3 is 2.59 bits per heavy atom. The average Bonchev–Trinajstić information content (AvgIpc) is 3.03. The van der Waals surface area contributed by atoms with Crippen molar-refractivity contribution < 1.29 is 14.4 Å². The predicted molar refractivity (Wildman–Crippen MR) is 100 cm³/mol. The molecule has 1 aromatic carbocycles. The number of urea groups is 2. The first kappa shape index (κ1) is 17.7. The van der Waals surface area contributed by atoms with Crippen LogP contribution in [0.1, 0.15) is 55.7 Å². The molecule has 0 radical (unpaired) electrons. The van der Waals surface area contributed by atoms with Crippen LogP contribution in [0, 0.1) is 12.8 Å². The van der Waals surface area contributed by atoms with E-state index in [1.807, 2.05) is 19.1 Å². The number of nitrogens with one attached hydrogen (secondary N) is 3. The minimum absolute atomic E-state index is 0.0656. The van der Waals surface area contributed by atoms with Crippen molar-refractivity contribution in [2.45, 2.75) is 57.0 Å². The molecule has 0 aromatic heterocycles. The number of amides is 5. The molecule has 4 rings (SSSR count). The summed E-state index contributed by atoms with van der Waals surface area (Å²) in [5.74, 6) is -0.106. The van der Waals surface area contributed by atoms with Crippen molar-refractivity contribution in [2.24, 2.45) is 10.9 Å². The second kappa shape index (κ2) is 6.79. The smallest absolute Gasteiger partial charge is 0.331 e. The molecule has 1 aromatic rings. The molecule has 3 N–H and O–H groups in total. The first-order chi connectivity index (χ1) is 13.0. The van der Waals surface area contributed by atoms with Crippen molar-refractivity contribution in [2.75, 3.05) is 0 Å². The molecule has 1 aliphatic heterocycles. The minimum Gasteiger partial charge on any atom is -0.331 e. The van der Waals surface area contributed by atoms with Gasteiger partial charge in [-0.25, -0.2) is 9.59 Å². The molecular weight excluding hydrogens is 344 g/mol. The Labute approximate surface area is 158 Å². The predicted octanol–water partition coefficient (Wildman–Crippen LogP) is 2.75. The second-order valence-corrected chi connectivity index (χ2v) is 7.84. The summed E-state index contributed by atoms with van der Waals surface area (Å²) in [6.45, 7) is 2.04. The molecule has 1 heterocycles. The van der Waals surface area contributed by atoms with E-state index in [2.05, 4.69) is 33.1 Å². The number of carbonyl (C=O) groups excluding carboxylic acids is 3. The minimum atomic E-state index is -0.812. The number of nitrogens with zero attached hydrogens (tertiary/aromatic N) is 1. The van der Waals surface area contributed by atoms with Crippen LogP contribution >= 0.6 is 0 Å². The van der Waals surface area contributed by atoms with Crippen molar-refractivity contribution in [1.82, 2.24) is 16.0 Å². The van der Waals surface area contributed by atoms with Crippen molar-refractivity contribution >= 4 is 23.7 Å². The monoisotopic (exact) mass is 368 g/mol. The van der Waals surface area contributed by atoms with E-state index >= 15 is 0 Å². The molecule has 7 nitrogen and oxygen atoms in total. The van der Waals surface area contributed by atoms with Crippen LogP contribution in [0.2, 0.25) is 0 Å². The summed E-state index contributed by atoms with van der Waals surface area (Å²) in [5.41, 5.74) is 1.57. The highest BCUT2D eigenvalue weighted by Gasteiger charge is 2.54. The maximum Gasteiger partial charge on any atom is 0.348 e. The molecular formula is C20H24N4O3. The van der Waals surface area contributed by atoms with E-state index in [9.17, 15) is 14.4 Å². The molecule has 7 heteroatoms. The topological polar surface area (TPSA) is 99.7 Å². The lowest BCUT2D eigenvalue weighted by Crippen LogP contribution is -2.51. The van der Waals surface area contributed by atoms with Crippen LogP contribution in [0.25, 0.3) is 0 Å². The van der Waals surface area contributed by atoms with Gasteiger partial charge < -0.3 is 10.6 Å². The fraction of sp³-hybridized carbons (Fsp3) is 0.500. The van der Waals surface area contributed by atoms with Gasteiger partial charge in [-0.3, -0.25) is 10.1 Å². The van der Waals surface area contributed by atoms with Crippen LogP contribution in [-0.4, -0.2) is 29.2 Å². The maximum absolute atomic E-state index is 12.8. The van der Waals surface area contributed by atoms with E-state index in [-0.39, 0.29) is 17.8 Å². The summed E-state index contributed by atoms with van der Waals surface area (Å²) in [6, 6.07) is 7.18. The molecule has 0 bridgehead atoms. The largest absolute Gasteiger partial charge is 0.348 e. The van der Waals surface area contributed by atoms with E-state index in [0.717, 1.165) is 24.0 Å². The van der Waals surface area contributed by atoms with Crippen LogP contribution in [0.5, 0.6) is 0 Å². The number of aliphatic imine (C=N–C) groups is 1. The fourth-order valence-corrected chi connectivity index (χ4v) is 4.23. The van der Waals surface area contributed by atoms with Crippen LogP contribution in [0.15, 0.2) is 29.3 Å². The highest BCUT2D eigenvalue weighted by Crippen LogP contribution is 2.39. The quantitative estimate of drug-likeness (QED) is 0.745. The van der Waals surface area contributed by atoms with Gasteiger partial charge in [-0.2, -0.15) is 4.99 Å². The SMILES string of the molecule is Cc1cccc(C(NC(=O)NC2(C3=NC(=O)NC3=O)CC2)C2CCCC2)c1. The number of benzene rings is 1. The van der Waals surface area contributed by atoms with Crippen molar-refractivity contribution in [1.29, 1.82) is 0 Å². The van der Waals surface area contributed by atoms with E-state index in [4.69, 9.17) is 0 Å². The van der Waals surface area contributed by atoms with Gasteiger partial charge in [0.05, 0.1) is 11.6 Å². The molecule has 2 saturated carbocycles. The summed E-state index contributed by atoms with van der Waals surface area (Å²) in [7, 11) is 0. The Kier molecular flexibility index (Phi) is 4.45. The van der Waals surface area contributed by atoms with Gasteiger partial charge in [-0.1, -0.05) is 42.7 Å². The van der Waals surface area contributed by atoms with Crippen LogP contribution in [0.3, 0.4) is 0 Å². The molecule has 142 valence electrons. The Morgan fingerprint density at radius 2 is 2.00 bits per heavy atom. The molecule has 1 unspecified atom stereocenters. The number of hydrogen-bond donors (Lipinski definition) is 3. The van der Waals surface area contributed by atoms with E-state index in [1.54, 1.807) is 0 Å². The van der Waals surface area contributed by atoms with Crippen LogP contribution in [0.4, 0.5) is 9.59 Å². The van der Waals surface area contributed by atoms with Gasteiger partial charge in [0, 0.05) is 0 Å². The lowest BCUT2D eigenvalue weighted by atomic mass is 9.91. The Balaban J connectivity index is 1.50. The summed E-state index contributed by atoms with van der Waals surface area (Å²) < 4.78 is 0. The summed E-state index contributed by atoms with van der Waals surface area (Å²) in [4.78, 5) is 39.8. The van der Waals surface area contributed by atoms with E-state index < -0.39 is 17.5 Å². The Bertz CT molecular complexity index is 822. The molecule has 2 fully saturated rings. The highest BCUT2D eigenvalue weighted by atomic mass is 16.2. The normalized spacial score (nSPS) is 22.2. The van der Waals surface area contributed by atoms with Gasteiger partial charge in [0.15, 0.2) is 0 Å². The van der Waals surface area contributed by atoms with E-state index in [1.165, 1.54) is 12.8 Å². The van der Waals surface area contributed by atoms with Gasteiger partial charge in [-0.05, 0) is 44.1 Å². The Morgan fingerprint density at radius 1 is 1.26 bits per heavy atom. The molecule has 27 heavy (non-hydrogen) atoms. The zero-order valence-corrected chi connectivity index (χ0v) is 15.4. The number of carbonyl (C=O) groups is 3. The molecule has 1 atom stereocenters. The molecule has 2 aliphatic carbocycles. The molecule has 0 spiro atoms. The Hall–Kier alpha value is -2.70. The third kappa shape index (κ3) is 3.59. The molecule has 3 aliphatic rings. The number of aryl methyl sites for hydroxylation is 1. The zero-order chi connectivity index (χ0) is 19.0. The first-order valence-electron chi connectivity index (χ1n) is 9.57. The summed E-state index contributed by atoms with van der Waals surface area (Å²) >= 11 is 0. The summed E-state index contributed by atoms with van der Waals surface area (Å²) in [5, 5.41) is 8.18. The van der Waals surface area contributed by atoms with Gasteiger partial charge in [0.1, 0.15) is 5.71 Å². The second-order valence-electron chi connectivity index (χ2n) is 7.84. The van der Waals surface area contributed by atoms with E-state index in [0.29, 0.717) is 18.8 Å². The molecule has 5 amide bonds. The van der Waals surface area contributed by atoms with Crippen molar-refractivity contribution in [3.05, 3.63) is 35.4 Å². The maximum atomic E-state index is 12.8. The number of hydrogen-bond acceptors (Lipinski definition) is 3. The highest BCUT2D eigenvalue weighted by molar-refractivity contribution is 6.50. The van der Waals surface area contributed by atoms with Gasteiger partial charge in [0.25, 0.3) is 5.91 Å². The average molecular weight is 368 g/mol.